The Hall–Kier alpha value is -1.96. The zero-order valence-electron chi connectivity index (χ0n) is 10.7. The van der Waals surface area contributed by atoms with Crippen molar-refractivity contribution in [2.75, 3.05) is 23.8 Å². The third-order valence-corrected chi connectivity index (χ3v) is 3.30. The molecule has 3 N–H and O–H groups in total. The van der Waals surface area contributed by atoms with Crippen LogP contribution in [0.25, 0.3) is 0 Å². The number of aliphatic hydroxyl groups is 1. The lowest BCUT2D eigenvalue weighted by atomic mass is 9.77. The number of anilines is 2. The van der Waals surface area contributed by atoms with Gasteiger partial charge in [0.05, 0.1) is 17.1 Å². The predicted molar refractivity (Wildman–Crippen MR) is 70.1 cm³/mol. The second-order valence-electron chi connectivity index (χ2n) is 4.63. The first-order valence-corrected chi connectivity index (χ1v) is 6.24. The van der Waals surface area contributed by atoms with E-state index in [1.807, 2.05) is 6.92 Å². The SMILES string of the molecule is CCNc1ncc([N+](=O)[O-])c(NC2(CO)CCC2)n1. The lowest BCUT2D eigenvalue weighted by molar-refractivity contribution is -0.384. The summed E-state index contributed by atoms with van der Waals surface area (Å²) in [6.07, 6.45) is 3.73. The van der Waals surface area contributed by atoms with Gasteiger partial charge in [-0.05, 0) is 26.2 Å². The fraction of sp³-hybridized carbons (Fsp3) is 0.636. The molecule has 1 aromatic heterocycles. The smallest absolute Gasteiger partial charge is 0.329 e. The van der Waals surface area contributed by atoms with E-state index in [0.29, 0.717) is 12.5 Å². The van der Waals surface area contributed by atoms with E-state index < -0.39 is 10.5 Å². The average Bonchev–Trinajstić information content (AvgIpc) is 2.34. The Morgan fingerprint density at radius 3 is 2.79 bits per heavy atom. The van der Waals surface area contributed by atoms with Crippen LogP contribution in [0, 0.1) is 10.1 Å². The number of nitrogens with one attached hydrogen (secondary N) is 2. The van der Waals surface area contributed by atoms with Crippen LogP contribution in [0.4, 0.5) is 17.5 Å². The number of hydrogen-bond donors (Lipinski definition) is 3. The van der Waals surface area contributed by atoms with Gasteiger partial charge in [0.1, 0.15) is 6.20 Å². The van der Waals surface area contributed by atoms with Crippen LogP contribution in [0.3, 0.4) is 0 Å². The fourth-order valence-corrected chi connectivity index (χ4v) is 2.02. The summed E-state index contributed by atoms with van der Waals surface area (Å²) in [5.74, 6) is 0.493. The molecule has 0 spiro atoms. The first-order valence-electron chi connectivity index (χ1n) is 6.24. The Morgan fingerprint density at radius 2 is 2.32 bits per heavy atom. The molecule has 1 saturated carbocycles. The number of aromatic nitrogens is 2. The van der Waals surface area contributed by atoms with E-state index >= 15 is 0 Å². The predicted octanol–water partition coefficient (Wildman–Crippen LogP) is 1.14. The van der Waals surface area contributed by atoms with E-state index in [0.717, 1.165) is 19.3 Å². The molecule has 0 aliphatic heterocycles. The van der Waals surface area contributed by atoms with Gasteiger partial charge in [-0.25, -0.2) is 4.98 Å². The summed E-state index contributed by atoms with van der Waals surface area (Å²) in [7, 11) is 0. The van der Waals surface area contributed by atoms with Gasteiger partial charge in [-0.1, -0.05) is 0 Å². The molecule has 1 aliphatic rings. The van der Waals surface area contributed by atoms with Crippen LogP contribution in [-0.4, -0.2) is 38.7 Å². The molecule has 2 rings (SSSR count). The minimum absolute atomic E-state index is 0.0648. The first-order chi connectivity index (χ1) is 9.10. The molecule has 1 heterocycles. The van der Waals surface area contributed by atoms with Gasteiger partial charge in [-0.15, -0.1) is 0 Å². The van der Waals surface area contributed by atoms with Gasteiger partial charge in [0.15, 0.2) is 0 Å². The van der Waals surface area contributed by atoms with Crippen LogP contribution >= 0.6 is 0 Å². The van der Waals surface area contributed by atoms with Crippen molar-refractivity contribution >= 4 is 17.5 Å². The number of hydrogen-bond acceptors (Lipinski definition) is 7. The van der Waals surface area contributed by atoms with Crippen LogP contribution in [0.15, 0.2) is 6.20 Å². The van der Waals surface area contributed by atoms with E-state index in [1.165, 1.54) is 6.20 Å². The second kappa shape index (κ2) is 5.35. The van der Waals surface area contributed by atoms with Crippen molar-refractivity contribution in [2.45, 2.75) is 31.7 Å². The Kier molecular flexibility index (Phi) is 3.79. The summed E-state index contributed by atoms with van der Waals surface area (Å²) >= 11 is 0. The van der Waals surface area contributed by atoms with Gasteiger partial charge in [0, 0.05) is 6.54 Å². The van der Waals surface area contributed by atoms with Crippen LogP contribution in [0.2, 0.25) is 0 Å². The largest absolute Gasteiger partial charge is 0.394 e. The van der Waals surface area contributed by atoms with Crippen molar-refractivity contribution in [3.63, 3.8) is 0 Å². The number of nitrogens with zero attached hydrogens (tertiary/aromatic N) is 3. The van der Waals surface area contributed by atoms with Crippen molar-refractivity contribution in [3.8, 4) is 0 Å². The molecule has 0 atom stereocenters. The fourth-order valence-electron chi connectivity index (χ4n) is 2.02. The standard InChI is InChI=1S/C11H17N5O3/c1-2-12-10-13-6-8(16(18)19)9(14-10)15-11(7-17)4-3-5-11/h6,17H,2-5,7H2,1H3,(H2,12,13,14,15). The van der Waals surface area contributed by atoms with E-state index in [2.05, 4.69) is 20.6 Å². The van der Waals surface area contributed by atoms with E-state index in [-0.39, 0.29) is 18.1 Å². The molecule has 0 bridgehead atoms. The summed E-state index contributed by atoms with van der Waals surface area (Å²) in [6, 6.07) is 0. The minimum Gasteiger partial charge on any atom is -0.394 e. The van der Waals surface area contributed by atoms with Crippen molar-refractivity contribution in [1.82, 2.24) is 9.97 Å². The zero-order chi connectivity index (χ0) is 13.9. The number of nitro groups is 1. The minimum atomic E-state index is -0.526. The molecule has 19 heavy (non-hydrogen) atoms. The first kappa shape index (κ1) is 13.5. The topological polar surface area (TPSA) is 113 Å². The van der Waals surface area contributed by atoms with E-state index in [9.17, 15) is 15.2 Å². The normalized spacial score (nSPS) is 16.5. The van der Waals surface area contributed by atoms with Crippen molar-refractivity contribution in [3.05, 3.63) is 16.3 Å². The summed E-state index contributed by atoms with van der Waals surface area (Å²) in [5, 5.41) is 26.3. The summed E-state index contributed by atoms with van der Waals surface area (Å²) in [5.41, 5.74) is -0.663. The molecule has 0 saturated heterocycles. The zero-order valence-corrected chi connectivity index (χ0v) is 10.7. The third-order valence-electron chi connectivity index (χ3n) is 3.30. The maximum atomic E-state index is 11.0. The van der Waals surface area contributed by atoms with E-state index in [1.54, 1.807) is 0 Å². The summed E-state index contributed by atoms with van der Waals surface area (Å²) in [4.78, 5) is 18.4. The highest BCUT2D eigenvalue weighted by molar-refractivity contribution is 5.58. The van der Waals surface area contributed by atoms with Gasteiger partial charge in [0.2, 0.25) is 11.8 Å². The van der Waals surface area contributed by atoms with Gasteiger partial charge >= 0.3 is 5.69 Å². The van der Waals surface area contributed by atoms with Crippen LogP contribution < -0.4 is 10.6 Å². The van der Waals surface area contributed by atoms with Gasteiger partial charge in [-0.3, -0.25) is 10.1 Å². The maximum absolute atomic E-state index is 11.0. The van der Waals surface area contributed by atoms with Gasteiger partial charge in [-0.2, -0.15) is 4.98 Å². The Labute approximate surface area is 110 Å². The van der Waals surface area contributed by atoms with Gasteiger partial charge in [0.25, 0.3) is 0 Å². The molecule has 1 fully saturated rings. The van der Waals surface area contributed by atoms with Crippen molar-refractivity contribution in [1.29, 1.82) is 0 Å². The highest BCUT2D eigenvalue weighted by atomic mass is 16.6. The molecule has 1 aliphatic carbocycles. The highest BCUT2D eigenvalue weighted by Gasteiger charge is 2.38. The lowest BCUT2D eigenvalue weighted by Gasteiger charge is -2.41. The highest BCUT2D eigenvalue weighted by Crippen LogP contribution is 2.36. The molecule has 0 amide bonds. The molecule has 8 heteroatoms. The second-order valence-corrected chi connectivity index (χ2v) is 4.63. The average molecular weight is 267 g/mol. The van der Waals surface area contributed by atoms with Crippen molar-refractivity contribution in [2.24, 2.45) is 0 Å². The Balaban J connectivity index is 2.29. The van der Waals surface area contributed by atoms with E-state index in [4.69, 9.17) is 0 Å². The molecule has 0 aromatic carbocycles. The Morgan fingerprint density at radius 1 is 1.58 bits per heavy atom. The molecular formula is C11H17N5O3. The summed E-state index contributed by atoms with van der Waals surface area (Å²) < 4.78 is 0. The summed E-state index contributed by atoms with van der Waals surface area (Å²) in [6.45, 7) is 2.45. The maximum Gasteiger partial charge on any atom is 0.329 e. The molecular weight excluding hydrogens is 250 g/mol. The van der Waals surface area contributed by atoms with Crippen LogP contribution in [0.5, 0.6) is 0 Å². The molecule has 1 aromatic rings. The number of rotatable bonds is 6. The molecule has 8 nitrogen and oxygen atoms in total. The quantitative estimate of drug-likeness (QED) is 0.523. The van der Waals surface area contributed by atoms with Crippen LogP contribution in [-0.2, 0) is 0 Å². The Bertz CT molecular complexity index is 470. The molecule has 0 radical (unpaired) electrons. The van der Waals surface area contributed by atoms with Crippen molar-refractivity contribution < 1.29 is 10.0 Å². The third kappa shape index (κ3) is 2.73. The van der Waals surface area contributed by atoms with Gasteiger partial charge < -0.3 is 15.7 Å². The lowest BCUT2D eigenvalue weighted by Crippen LogP contribution is -2.48. The molecule has 104 valence electrons. The monoisotopic (exact) mass is 267 g/mol. The number of aliphatic hydroxyl groups excluding tert-OH is 1. The molecule has 0 unspecified atom stereocenters. The van der Waals surface area contributed by atoms with Crippen LogP contribution in [0.1, 0.15) is 26.2 Å².